The van der Waals surface area contributed by atoms with Crippen molar-refractivity contribution in [3.63, 3.8) is 0 Å². The van der Waals surface area contributed by atoms with Crippen LogP contribution in [0.5, 0.6) is 0 Å². The van der Waals surface area contributed by atoms with Crippen molar-refractivity contribution < 1.29 is 9.18 Å². The summed E-state index contributed by atoms with van der Waals surface area (Å²) in [4.78, 5) is 14.1. The minimum Gasteiger partial charge on any atom is -0.339 e. The third-order valence-electron chi connectivity index (χ3n) is 3.56. The third kappa shape index (κ3) is 3.45. The molecule has 0 unspecified atom stereocenters. The number of likely N-dealkylation sites (tertiary alicyclic amines) is 1. The molecule has 1 N–H and O–H groups in total. The third-order valence-corrected chi connectivity index (χ3v) is 3.87. The number of carbonyl (C=O) groups is 1. The van der Waals surface area contributed by atoms with Crippen LogP contribution in [-0.2, 0) is 0 Å². The first-order chi connectivity index (χ1) is 9.11. The van der Waals surface area contributed by atoms with E-state index in [9.17, 15) is 9.18 Å². The van der Waals surface area contributed by atoms with Crippen molar-refractivity contribution >= 4 is 17.5 Å². The zero-order chi connectivity index (χ0) is 13.8. The minimum atomic E-state index is -0.422. The van der Waals surface area contributed by atoms with Gasteiger partial charge in [0.25, 0.3) is 5.91 Å². The summed E-state index contributed by atoms with van der Waals surface area (Å²) in [5.74, 6) is 0.0972. The second kappa shape index (κ2) is 6.35. The van der Waals surface area contributed by atoms with E-state index in [0.29, 0.717) is 11.5 Å². The van der Waals surface area contributed by atoms with Gasteiger partial charge in [-0.1, -0.05) is 11.6 Å². The summed E-state index contributed by atoms with van der Waals surface area (Å²) >= 11 is 5.92. The van der Waals surface area contributed by atoms with Crippen LogP contribution >= 0.6 is 11.6 Å². The van der Waals surface area contributed by atoms with Crippen molar-refractivity contribution in [2.24, 2.45) is 5.92 Å². The zero-order valence-corrected chi connectivity index (χ0v) is 11.7. The number of carbonyl (C=O) groups excluding carboxylic acids is 1. The van der Waals surface area contributed by atoms with E-state index in [1.165, 1.54) is 18.2 Å². The Bertz CT molecular complexity index is 459. The van der Waals surface area contributed by atoms with Gasteiger partial charge >= 0.3 is 0 Å². The summed E-state index contributed by atoms with van der Waals surface area (Å²) in [7, 11) is 1.94. The monoisotopic (exact) mass is 284 g/mol. The maximum absolute atomic E-state index is 13.0. The molecule has 1 aromatic carbocycles. The molecule has 5 heteroatoms. The molecule has 0 aromatic heterocycles. The molecule has 1 saturated heterocycles. The maximum atomic E-state index is 13.0. The number of hydrogen-bond donors (Lipinski definition) is 1. The summed E-state index contributed by atoms with van der Waals surface area (Å²) in [5, 5.41) is 3.35. The average Bonchev–Trinajstić information content (AvgIpc) is 2.39. The van der Waals surface area contributed by atoms with Crippen molar-refractivity contribution in [2.45, 2.75) is 12.8 Å². The molecule has 1 fully saturated rings. The van der Waals surface area contributed by atoms with E-state index < -0.39 is 5.82 Å². The van der Waals surface area contributed by atoms with Gasteiger partial charge < -0.3 is 10.2 Å². The molecular weight excluding hydrogens is 267 g/mol. The zero-order valence-electron chi connectivity index (χ0n) is 11.0. The van der Waals surface area contributed by atoms with Crippen LogP contribution in [0, 0.1) is 11.7 Å². The first-order valence-corrected chi connectivity index (χ1v) is 6.88. The van der Waals surface area contributed by atoms with Gasteiger partial charge in [-0.05, 0) is 50.6 Å². The predicted molar refractivity (Wildman–Crippen MR) is 74.0 cm³/mol. The van der Waals surface area contributed by atoms with Gasteiger partial charge in [-0.15, -0.1) is 0 Å². The van der Waals surface area contributed by atoms with Crippen molar-refractivity contribution in [1.82, 2.24) is 10.2 Å². The summed E-state index contributed by atoms with van der Waals surface area (Å²) in [6.07, 6.45) is 1.98. The number of rotatable bonds is 3. The van der Waals surface area contributed by atoms with Gasteiger partial charge in [0.05, 0.1) is 10.6 Å². The molecule has 1 aromatic rings. The van der Waals surface area contributed by atoms with Crippen LogP contribution in [0.1, 0.15) is 23.2 Å². The molecule has 1 heterocycles. The highest BCUT2D eigenvalue weighted by molar-refractivity contribution is 6.33. The lowest BCUT2D eigenvalue weighted by molar-refractivity contribution is 0.0691. The van der Waals surface area contributed by atoms with Crippen LogP contribution in [0.25, 0.3) is 0 Å². The Hall–Kier alpha value is -1.13. The molecule has 3 nitrogen and oxygen atoms in total. The van der Waals surface area contributed by atoms with Crippen LogP contribution in [0.3, 0.4) is 0 Å². The number of piperidine rings is 1. The first-order valence-electron chi connectivity index (χ1n) is 6.50. The average molecular weight is 285 g/mol. The van der Waals surface area contributed by atoms with E-state index in [1.807, 2.05) is 7.05 Å². The van der Waals surface area contributed by atoms with Crippen LogP contribution < -0.4 is 5.32 Å². The lowest BCUT2D eigenvalue weighted by Crippen LogP contribution is -2.40. The Labute approximate surface area is 117 Å². The number of halogens is 2. The Morgan fingerprint density at radius 1 is 1.47 bits per heavy atom. The molecule has 1 aliphatic heterocycles. The molecule has 0 spiro atoms. The summed E-state index contributed by atoms with van der Waals surface area (Å²) < 4.78 is 13.0. The van der Waals surface area contributed by atoms with Crippen LogP contribution in [0.15, 0.2) is 18.2 Å². The molecule has 1 amide bonds. The molecular formula is C14H18ClFN2O. The van der Waals surface area contributed by atoms with E-state index in [4.69, 9.17) is 11.6 Å². The van der Waals surface area contributed by atoms with Crippen molar-refractivity contribution in [2.75, 3.05) is 26.7 Å². The van der Waals surface area contributed by atoms with Gasteiger partial charge in [-0.25, -0.2) is 4.39 Å². The second-order valence-electron chi connectivity index (χ2n) is 4.92. The van der Waals surface area contributed by atoms with E-state index >= 15 is 0 Å². The smallest absolute Gasteiger partial charge is 0.255 e. The van der Waals surface area contributed by atoms with Gasteiger partial charge in [0, 0.05) is 13.1 Å². The van der Waals surface area contributed by atoms with Gasteiger partial charge in [-0.3, -0.25) is 4.79 Å². The number of nitrogens with zero attached hydrogens (tertiary/aromatic N) is 1. The first kappa shape index (κ1) is 14.3. The Morgan fingerprint density at radius 2 is 2.16 bits per heavy atom. The Kier molecular flexibility index (Phi) is 4.77. The van der Waals surface area contributed by atoms with E-state index in [0.717, 1.165) is 32.5 Å². The Balaban J connectivity index is 2.01. The molecule has 0 atom stereocenters. The standard InChI is InChI=1S/C14H18ClFN2O/c1-17-9-10-4-6-18(7-5-10)14(19)12-3-2-11(16)8-13(12)15/h2-3,8,10,17H,4-7,9H2,1H3. The second-order valence-corrected chi connectivity index (χ2v) is 5.32. The van der Waals surface area contributed by atoms with Crippen molar-refractivity contribution in [3.8, 4) is 0 Å². The molecule has 0 saturated carbocycles. The molecule has 0 aliphatic carbocycles. The lowest BCUT2D eigenvalue weighted by Gasteiger charge is -2.32. The van der Waals surface area contributed by atoms with E-state index in [-0.39, 0.29) is 10.9 Å². The van der Waals surface area contributed by atoms with Gasteiger partial charge in [0.1, 0.15) is 5.82 Å². The van der Waals surface area contributed by atoms with E-state index in [2.05, 4.69) is 5.32 Å². The Morgan fingerprint density at radius 3 is 2.74 bits per heavy atom. The number of nitrogens with one attached hydrogen (secondary N) is 1. The fourth-order valence-electron chi connectivity index (χ4n) is 2.46. The highest BCUT2D eigenvalue weighted by Crippen LogP contribution is 2.22. The van der Waals surface area contributed by atoms with Crippen molar-refractivity contribution in [3.05, 3.63) is 34.6 Å². The quantitative estimate of drug-likeness (QED) is 0.925. The fourth-order valence-corrected chi connectivity index (χ4v) is 2.71. The lowest BCUT2D eigenvalue weighted by atomic mass is 9.96. The van der Waals surface area contributed by atoms with Crippen LogP contribution in [-0.4, -0.2) is 37.5 Å². The van der Waals surface area contributed by atoms with Gasteiger partial charge in [-0.2, -0.15) is 0 Å². The van der Waals surface area contributed by atoms with E-state index in [1.54, 1.807) is 4.90 Å². The largest absolute Gasteiger partial charge is 0.339 e. The summed E-state index contributed by atoms with van der Waals surface area (Å²) in [6, 6.07) is 3.91. The highest BCUT2D eigenvalue weighted by Gasteiger charge is 2.24. The normalized spacial score (nSPS) is 16.7. The molecule has 1 aliphatic rings. The topological polar surface area (TPSA) is 32.3 Å². The number of amides is 1. The molecule has 104 valence electrons. The summed E-state index contributed by atoms with van der Waals surface area (Å²) in [6.45, 7) is 2.46. The minimum absolute atomic E-state index is 0.104. The van der Waals surface area contributed by atoms with Crippen LogP contribution in [0.2, 0.25) is 5.02 Å². The molecule has 0 radical (unpaired) electrons. The highest BCUT2D eigenvalue weighted by atomic mass is 35.5. The molecule has 19 heavy (non-hydrogen) atoms. The molecule has 2 rings (SSSR count). The van der Waals surface area contributed by atoms with Gasteiger partial charge in [0.15, 0.2) is 0 Å². The van der Waals surface area contributed by atoms with Crippen molar-refractivity contribution in [1.29, 1.82) is 0 Å². The SMILES string of the molecule is CNCC1CCN(C(=O)c2ccc(F)cc2Cl)CC1. The number of benzene rings is 1. The maximum Gasteiger partial charge on any atom is 0.255 e. The van der Waals surface area contributed by atoms with Gasteiger partial charge in [0.2, 0.25) is 0 Å². The fraction of sp³-hybridized carbons (Fsp3) is 0.500. The molecule has 0 bridgehead atoms. The van der Waals surface area contributed by atoms with Crippen LogP contribution in [0.4, 0.5) is 4.39 Å². The predicted octanol–water partition coefficient (Wildman–Crippen LogP) is 2.55. The number of hydrogen-bond acceptors (Lipinski definition) is 2. The summed E-state index contributed by atoms with van der Waals surface area (Å²) in [5.41, 5.74) is 0.384.